The van der Waals surface area contributed by atoms with Gasteiger partial charge >= 0.3 is 0 Å². The van der Waals surface area contributed by atoms with Crippen LogP contribution in [0.1, 0.15) is 19.4 Å². The van der Waals surface area contributed by atoms with Crippen molar-refractivity contribution in [1.29, 1.82) is 0 Å². The molecule has 1 aromatic carbocycles. The Bertz CT molecular complexity index is 281. The molecule has 0 heterocycles. The molecule has 13 heavy (non-hydrogen) atoms. The highest BCUT2D eigenvalue weighted by molar-refractivity contribution is 7.98. The van der Waals surface area contributed by atoms with Crippen molar-refractivity contribution < 1.29 is 0 Å². The van der Waals surface area contributed by atoms with Gasteiger partial charge in [-0.25, -0.2) is 0 Å². The summed E-state index contributed by atoms with van der Waals surface area (Å²) in [5.74, 6) is 0. The molecule has 1 aromatic rings. The lowest BCUT2D eigenvalue weighted by atomic mass is 9.85. The number of nitrogens with two attached hydrogens (primary N) is 1. The summed E-state index contributed by atoms with van der Waals surface area (Å²) in [4.78, 5) is 1.30. The van der Waals surface area contributed by atoms with Gasteiger partial charge in [-0.2, -0.15) is 0 Å². The van der Waals surface area contributed by atoms with Crippen LogP contribution in [-0.2, 0) is 5.41 Å². The Morgan fingerprint density at radius 1 is 1.38 bits per heavy atom. The third kappa shape index (κ3) is 2.48. The third-order valence-corrected chi connectivity index (χ3v) is 3.09. The molecular weight excluding hydrogens is 178 g/mol. The van der Waals surface area contributed by atoms with Gasteiger partial charge in [0.15, 0.2) is 0 Å². The number of rotatable bonds is 3. The van der Waals surface area contributed by atoms with Crippen LogP contribution in [0.4, 0.5) is 0 Å². The van der Waals surface area contributed by atoms with Crippen molar-refractivity contribution in [3.8, 4) is 0 Å². The molecule has 0 unspecified atom stereocenters. The first-order valence-electron chi connectivity index (χ1n) is 4.45. The maximum atomic E-state index is 5.72. The first-order chi connectivity index (χ1) is 6.10. The molecule has 0 radical (unpaired) electrons. The summed E-state index contributed by atoms with van der Waals surface area (Å²) < 4.78 is 0. The van der Waals surface area contributed by atoms with Gasteiger partial charge in [-0.1, -0.05) is 26.0 Å². The number of thioether (sulfide) groups is 1. The van der Waals surface area contributed by atoms with E-state index in [2.05, 4.69) is 44.4 Å². The molecule has 0 saturated heterocycles. The fourth-order valence-electron chi connectivity index (χ4n) is 1.16. The normalized spacial score (nSPS) is 11.7. The topological polar surface area (TPSA) is 26.0 Å². The van der Waals surface area contributed by atoms with Crippen LogP contribution < -0.4 is 5.73 Å². The van der Waals surface area contributed by atoms with E-state index < -0.39 is 0 Å². The second-order valence-corrected chi connectivity index (χ2v) is 4.70. The largest absolute Gasteiger partial charge is 0.330 e. The van der Waals surface area contributed by atoms with Gasteiger partial charge in [-0.3, -0.25) is 0 Å². The standard InChI is InChI=1S/C11H17NS/c1-11(2,8-12)9-5-4-6-10(7-9)13-3/h4-7H,8,12H2,1-3H3. The van der Waals surface area contributed by atoms with Crippen LogP contribution in [0.25, 0.3) is 0 Å². The summed E-state index contributed by atoms with van der Waals surface area (Å²) in [6.07, 6.45) is 2.09. The smallest absolute Gasteiger partial charge is 0.00720 e. The van der Waals surface area contributed by atoms with E-state index in [0.717, 1.165) is 0 Å². The van der Waals surface area contributed by atoms with Gasteiger partial charge in [-0.05, 0) is 24.0 Å². The van der Waals surface area contributed by atoms with Crippen LogP contribution in [0.2, 0.25) is 0 Å². The molecule has 0 saturated carbocycles. The van der Waals surface area contributed by atoms with Crippen LogP contribution in [0, 0.1) is 0 Å². The molecule has 0 aliphatic carbocycles. The fraction of sp³-hybridized carbons (Fsp3) is 0.455. The predicted molar refractivity (Wildman–Crippen MR) is 60.3 cm³/mol. The van der Waals surface area contributed by atoms with Crippen molar-refractivity contribution in [3.05, 3.63) is 29.8 Å². The molecule has 2 N–H and O–H groups in total. The third-order valence-electron chi connectivity index (χ3n) is 2.36. The highest BCUT2D eigenvalue weighted by Gasteiger charge is 2.18. The molecule has 0 fully saturated rings. The maximum Gasteiger partial charge on any atom is 0.00720 e. The van der Waals surface area contributed by atoms with Crippen LogP contribution >= 0.6 is 11.8 Å². The Morgan fingerprint density at radius 2 is 2.08 bits per heavy atom. The molecule has 0 atom stereocenters. The maximum absolute atomic E-state index is 5.72. The summed E-state index contributed by atoms with van der Waals surface area (Å²) in [5.41, 5.74) is 7.13. The quantitative estimate of drug-likeness (QED) is 0.750. The van der Waals surface area contributed by atoms with Gasteiger partial charge in [0.1, 0.15) is 0 Å². The second kappa shape index (κ2) is 4.16. The number of hydrogen-bond acceptors (Lipinski definition) is 2. The van der Waals surface area contributed by atoms with Crippen molar-refractivity contribution in [2.75, 3.05) is 12.8 Å². The van der Waals surface area contributed by atoms with Gasteiger partial charge in [0.2, 0.25) is 0 Å². The molecule has 72 valence electrons. The Labute approximate surface area is 84.7 Å². The molecule has 1 nitrogen and oxygen atoms in total. The highest BCUT2D eigenvalue weighted by Crippen LogP contribution is 2.25. The monoisotopic (exact) mass is 195 g/mol. The Morgan fingerprint density at radius 3 is 2.62 bits per heavy atom. The summed E-state index contributed by atoms with van der Waals surface area (Å²) in [7, 11) is 0. The Balaban J connectivity index is 3.01. The number of hydrogen-bond donors (Lipinski definition) is 1. The van der Waals surface area contributed by atoms with Gasteiger partial charge < -0.3 is 5.73 Å². The van der Waals surface area contributed by atoms with Gasteiger partial charge in [0, 0.05) is 16.9 Å². The van der Waals surface area contributed by atoms with Crippen molar-refractivity contribution >= 4 is 11.8 Å². The van der Waals surface area contributed by atoms with E-state index in [1.165, 1.54) is 10.5 Å². The van der Waals surface area contributed by atoms with Gasteiger partial charge in [0.05, 0.1) is 0 Å². The molecule has 0 spiro atoms. The van der Waals surface area contributed by atoms with Crippen LogP contribution in [0.3, 0.4) is 0 Å². The lowest BCUT2D eigenvalue weighted by molar-refractivity contribution is 0.538. The summed E-state index contributed by atoms with van der Waals surface area (Å²) in [5, 5.41) is 0. The second-order valence-electron chi connectivity index (χ2n) is 3.82. The van der Waals surface area contributed by atoms with E-state index in [1.54, 1.807) is 11.8 Å². The van der Waals surface area contributed by atoms with Crippen molar-refractivity contribution in [2.45, 2.75) is 24.2 Å². The van der Waals surface area contributed by atoms with E-state index in [4.69, 9.17) is 5.73 Å². The zero-order chi connectivity index (χ0) is 9.90. The average molecular weight is 195 g/mol. The van der Waals surface area contributed by atoms with Crippen LogP contribution in [-0.4, -0.2) is 12.8 Å². The zero-order valence-electron chi connectivity index (χ0n) is 8.50. The van der Waals surface area contributed by atoms with E-state index in [0.29, 0.717) is 6.54 Å². The van der Waals surface area contributed by atoms with Gasteiger partial charge in [0.25, 0.3) is 0 Å². The molecule has 1 rings (SSSR count). The van der Waals surface area contributed by atoms with E-state index in [9.17, 15) is 0 Å². The summed E-state index contributed by atoms with van der Waals surface area (Å²) in [6.45, 7) is 5.03. The molecule has 2 heteroatoms. The minimum absolute atomic E-state index is 0.0890. The molecule has 0 aromatic heterocycles. The highest BCUT2D eigenvalue weighted by atomic mass is 32.2. The van der Waals surface area contributed by atoms with E-state index >= 15 is 0 Å². The fourth-order valence-corrected chi connectivity index (χ4v) is 1.62. The predicted octanol–water partition coefficient (Wildman–Crippen LogP) is 2.64. The minimum atomic E-state index is 0.0890. The van der Waals surface area contributed by atoms with Crippen molar-refractivity contribution in [2.24, 2.45) is 5.73 Å². The molecule has 0 amide bonds. The van der Waals surface area contributed by atoms with E-state index in [1.807, 2.05) is 0 Å². The molecular formula is C11H17NS. The Kier molecular flexibility index (Phi) is 3.40. The number of benzene rings is 1. The molecule has 0 aliphatic rings. The Hall–Kier alpha value is -0.470. The van der Waals surface area contributed by atoms with E-state index in [-0.39, 0.29) is 5.41 Å². The minimum Gasteiger partial charge on any atom is -0.330 e. The lowest BCUT2D eigenvalue weighted by Gasteiger charge is -2.23. The van der Waals surface area contributed by atoms with Crippen molar-refractivity contribution in [1.82, 2.24) is 0 Å². The SMILES string of the molecule is CSc1cccc(C(C)(C)CN)c1. The summed E-state index contributed by atoms with van der Waals surface area (Å²) >= 11 is 1.77. The average Bonchev–Trinajstić information content (AvgIpc) is 2.18. The molecule has 0 bridgehead atoms. The van der Waals surface area contributed by atoms with Crippen molar-refractivity contribution in [3.63, 3.8) is 0 Å². The zero-order valence-corrected chi connectivity index (χ0v) is 9.32. The van der Waals surface area contributed by atoms with Crippen LogP contribution in [0.15, 0.2) is 29.2 Å². The first kappa shape index (κ1) is 10.6. The lowest BCUT2D eigenvalue weighted by Crippen LogP contribution is -2.27. The van der Waals surface area contributed by atoms with Gasteiger partial charge in [-0.15, -0.1) is 11.8 Å². The first-order valence-corrected chi connectivity index (χ1v) is 5.67. The molecule has 0 aliphatic heterocycles. The van der Waals surface area contributed by atoms with Crippen LogP contribution in [0.5, 0.6) is 0 Å². The summed E-state index contributed by atoms with van der Waals surface area (Å²) in [6, 6.07) is 8.59.